The van der Waals surface area contributed by atoms with Crippen LogP contribution < -0.4 is 10.1 Å². The SMILES string of the molecule is COc1cccc(-c2nc3ccc(-c4cccc(C)c4)cn3c2CCC(=O)Nc2cccc(F)c2)c1. The Hall–Kier alpha value is -4.45. The number of rotatable bonds is 7. The normalized spacial score (nSPS) is 11.0. The highest BCUT2D eigenvalue weighted by Crippen LogP contribution is 2.30. The topological polar surface area (TPSA) is 55.6 Å². The van der Waals surface area contributed by atoms with Gasteiger partial charge in [-0.2, -0.15) is 0 Å². The van der Waals surface area contributed by atoms with Crippen molar-refractivity contribution in [2.75, 3.05) is 12.4 Å². The monoisotopic (exact) mass is 479 g/mol. The first kappa shape index (κ1) is 23.3. The van der Waals surface area contributed by atoms with E-state index in [1.165, 1.54) is 17.7 Å². The lowest BCUT2D eigenvalue weighted by Gasteiger charge is -2.09. The van der Waals surface area contributed by atoms with Crippen LogP contribution in [0, 0.1) is 12.7 Å². The van der Waals surface area contributed by atoms with Gasteiger partial charge in [-0.15, -0.1) is 0 Å². The predicted molar refractivity (Wildman–Crippen MR) is 141 cm³/mol. The van der Waals surface area contributed by atoms with Gasteiger partial charge >= 0.3 is 0 Å². The molecule has 36 heavy (non-hydrogen) atoms. The van der Waals surface area contributed by atoms with Crippen LogP contribution in [-0.2, 0) is 11.2 Å². The fraction of sp³-hybridized carbons (Fsp3) is 0.133. The van der Waals surface area contributed by atoms with Crippen molar-refractivity contribution in [2.24, 2.45) is 0 Å². The number of methoxy groups -OCH3 is 1. The van der Waals surface area contributed by atoms with Gasteiger partial charge in [0.1, 0.15) is 17.2 Å². The fourth-order valence-electron chi connectivity index (χ4n) is 4.35. The molecular formula is C30H26FN3O2. The standard InChI is InChI=1S/C30H26FN3O2/c1-20-6-3-7-21(16-20)23-12-14-28-33-30(22-8-4-11-26(17-22)36-2)27(34(28)19-23)13-15-29(35)32-25-10-5-9-24(31)18-25/h3-12,14,16-19H,13,15H2,1-2H3,(H,32,35). The summed E-state index contributed by atoms with van der Waals surface area (Å²) in [5.74, 6) is 0.153. The summed E-state index contributed by atoms with van der Waals surface area (Å²) in [6, 6.07) is 26.1. The van der Waals surface area contributed by atoms with Gasteiger partial charge in [0.2, 0.25) is 5.91 Å². The molecule has 0 aliphatic rings. The van der Waals surface area contributed by atoms with Gasteiger partial charge in [-0.1, -0.05) is 48.0 Å². The Labute approximate surface area is 209 Å². The van der Waals surface area contributed by atoms with E-state index >= 15 is 0 Å². The van der Waals surface area contributed by atoms with E-state index in [1.807, 2.05) is 36.4 Å². The van der Waals surface area contributed by atoms with Crippen molar-refractivity contribution in [3.05, 3.63) is 108 Å². The van der Waals surface area contributed by atoms with Crippen LogP contribution in [0.25, 0.3) is 28.0 Å². The summed E-state index contributed by atoms with van der Waals surface area (Å²) in [5, 5.41) is 2.79. The maximum atomic E-state index is 13.5. The van der Waals surface area contributed by atoms with Crippen LogP contribution in [-0.4, -0.2) is 22.4 Å². The molecule has 0 spiro atoms. The lowest BCUT2D eigenvalue weighted by Crippen LogP contribution is -2.13. The number of nitrogens with one attached hydrogen (secondary N) is 1. The number of imidazole rings is 1. The molecule has 0 fully saturated rings. The number of ether oxygens (including phenoxy) is 1. The Morgan fingerprint density at radius 3 is 2.56 bits per heavy atom. The molecule has 1 amide bonds. The number of carbonyl (C=O) groups is 1. The Kier molecular flexibility index (Phi) is 6.50. The van der Waals surface area contributed by atoms with E-state index in [0.717, 1.165) is 39.5 Å². The number of aryl methyl sites for hydroxylation is 2. The number of pyridine rings is 1. The van der Waals surface area contributed by atoms with Crippen molar-refractivity contribution in [3.63, 3.8) is 0 Å². The molecule has 0 bridgehead atoms. The van der Waals surface area contributed by atoms with Crippen molar-refractivity contribution in [1.29, 1.82) is 0 Å². The minimum absolute atomic E-state index is 0.193. The highest BCUT2D eigenvalue weighted by Gasteiger charge is 2.17. The van der Waals surface area contributed by atoms with Crippen LogP contribution in [0.3, 0.4) is 0 Å². The van der Waals surface area contributed by atoms with Crippen molar-refractivity contribution in [1.82, 2.24) is 9.38 Å². The molecule has 0 saturated carbocycles. The second kappa shape index (κ2) is 10.0. The number of hydrogen-bond acceptors (Lipinski definition) is 3. The van der Waals surface area contributed by atoms with E-state index in [0.29, 0.717) is 12.1 Å². The quantitative estimate of drug-likeness (QED) is 0.283. The second-order valence-electron chi connectivity index (χ2n) is 8.71. The third kappa shape index (κ3) is 4.98. The molecule has 2 aromatic heterocycles. The predicted octanol–water partition coefficient (Wildman–Crippen LogP) is 6.70. The first-order chi connectivity index (χ1) is 17.5. The van der Waals surface area contributed by atoms with Crippen LogP contribution in [0.15, 0.2) is 91.1 Å². The number of anilines is 1. The largest absolute Gasteiger partial charge is 0.497 e. The first-order valence-electron chi connectivity index (χ1n) is 11.8. The number of nitrogens with zero attached hydrogens (tertiary/aromatic N) is 2. The lowest BCUT2D eigenvalue weighted by atomic mass is 10.0. The van der Waals surface area contributed by atoms with Crippen molar-refractivity contribution < 1.29 is 13.9 Å². The molecule has 0 atom stereocenters. The van der Waals surface area contributed by atoms with Gasteiger partial charge in [-0.05, 0) is 66.9 Å². The first-order valence-corrected chi connectivity index (χ1v) is 11.8. The second-order valence-corrected chi connectivity index (χ2v) is 8.71. The lowest BCUT2D eigenvalue weighted by molar-refractivity contribution is -0.116. The van der Waals surface area contributed by atoms with Gasteiger partial charge in [0.05, 0.1) is 18.5 Å². The zero-order valence-corrected chi connectivity index (χ0v) is 20.2. The molecule has 0 saturated heterocycles. The van der Waals surface area contributed by atoms with Gasteiger partial charge in [0.25, 0.3) is 0 Å². The van der Waals surface area contributed by atoms with Crippen LogP contribution in [0.4, 0.5) is 10.1 Å². The zero-order valence-electron chi connectivity index (χ0n) is 20.2. The number of hydrogen-bond donors (Lipinski definition) is 1. The van der Waals surface area contributed by atoms with Crippen LogP contribution >= 0.6 is 0 Å². The van der Waals surface area contributed by atoms with E-state index in [2.05, 4.69) is 47.1 Å². The van der Waals surface area contributed by atoms with Gasteiger partial charge in [-0.3, -0.25) is 4.79 Å². The Balaban J connectivity index is 1.53. The molecule has 5 rings (SSSR count). The Morgan fingerprint density at radius 1 is 0.944 bits per heavy atom. The highest BCUT2D eigenvalue weighted by molar-refractivity contribution is 5.91. The minimum atomic E-state index is -0.390. The van der Waals surface area contributed by atoms with E-state index in [4.69, 9.17) is 9.72 Å². The highest BCUT2D eigenvalue weighted by atomic mass is 19.1. The van der Waals surface area contributed by atoms with E-state index in [9.17, 15) is 9.18 Å². The maximum absolute atomic E-state index is 13.5. The van der Waals surface area contributed by atoms with Gasteiger partial charge in [0, 0.05) is 23.9 Å². The van der Waals surface area contributed by atoms with Gasteiger partial charge < -0.3 is 14.5 Å². The molecule has 3 aromatic carbocycles. The average molecular weight is 480 g/mol. The van der Waals surface area contributed by atoms with E-state index in [1.54, 1.807) is 19.2 Å². The molecule has 0 radical (unpaired) electrons. The number of benzene rings is 3. The van der Waals surface area contributed by atoms with Gasteiger partial charge in [-0.25, -0.2) is 9.37 Å². The molecule has 5 aromatic rings. The summed E-state index contributed by atoms with van der Waals surface area (Å²) in [7, 11) is 1.63. The molecule has 6 heteroatoms. The fourth-order valence-corrected chi connectivity index (χ4v) is 4.35. The number of halogens is 1. The molecule has 2 heterocycles. The summed E-state index contributed by atoms with van der Waals surface area (Å²) < 4.78 is 21.0. The molecule has 180 valence electrons. The number of fused-ring (bicyclic) bond motifs is 1. The number of aromatic nitrogens is 2. The van der Waals surface area contributed by atoms with Crippen LogP contribution in [0.2, 0.25) is 0 Å². The Morgan fingerprint density at radius 2 is 1.75 bits per heavy atom. The van der Waals surface area contributed by atoms with Crippen molar-refractivity contribution >= 4 is 17.2 Å². The zero-order chi connectivity index (χ0) is 25.1. The summed E-state index contributed by atoms with van der Waals surface area (Å²) >= 11 is 0. The molecule has 0 unspecified atom stereocenters. The molecular weight excluding hydrogens is 453 g/mol. The molecule has 0 aliphatic carbocycles. The van der Waals surface area contributed by atoms with Crippen LogP contribution in [0.5, 0.6) is 5.75 Å². The number of amides is 1. The summed E-state index contributed by atoms with van der Waals surface area (Å²) in [6.45, 7) is 2.07. The average Bonchev–Trinajstić information content (AvgIpc) is 3.25. The Bertz CT molecular complexity index is 1560. The summed E-state index contributed by atoms with van der Waals surface area (Å²) in [4.78, 5) is 17.7. The molecule has 0 aliphatic heterocycles. The smallest absolute Gasteiger partial charge is 0.224 e. The summed E-state index contributed by atoms with van der Waals surface area (Å²) in [6.07, 6.45) is 2.74. The van der Waals surface area contributed by atoms with Gasteiger partial charge in [0.15, 0.2) is 0 Å². The van der Waals surface area contributed by atoms with E-state index in [-0.39, 0.29) is 12.3 Å². The summed E-state index contributed by atoms with van der Waals surface area (Å²) in [5.41, 5.74) is 7.23. The van der Waals surface area contributed by atoms with Crippen molar-refractivity contribution in [3.8, 4) is 28.1 Å². The molecule has 1 N–H and O–H groups in total. The molecule has 5 nitrogen and oxygen atoms in total. The van der Waals surface area contributed by atoms with Crippen LogP contribution in [0.1, 0.15) is 17.7 Å². The maximum Gasteiger partial charge on any atom is 0.224 e. The van der Waals surface area contributed by atoms with E-state index < -0.39 is 5.82 Å². The number of carbonyl (C=O) groups excluding carboxylic acids is 1. The minimum Gasteiger partial charge on any atom is -0.497 e. The third-order valence-electron chi connectivity index (χ3n) is 6.11. The third-order valence-corrected chi connectivity index (χ3v) is 6.11. The van der Waals surface area contributed by atoms with Crippen molar-refractivity contribution in [2.45, 2.75) is 19.8 Å².